The summed E-state index contributed by atoms with van der Waals surface area (Å²) in [6, 6.07) is 0. The molecule has 3 nitrogen and oxygen atoms in total. The van der Waals surface area contributed by atoms with E-state index >= 15 is 0 Å². The highest BCUT2D eigenvalue weighted by atomic mass is 28.4. The van der Waals surface area contributed by atoms with E-state index in [-0.39, 0.29) is 17.8 Å². The Morgan fingerprint density at radius 1 is 1.00 bits per heavy atom. The molecule has 0 bridgehead atoms. The van der Waals surface area contributed by atoms with Gasteiger partial charge < -0.3 is 8.85 Å². The molecule has 2 unspecified atom stereocenters. The first-order valence-corrected chi connectivity index (χ1v) is 13.1. The molecule has 0 aliphatic rings. The van der Waals surface area contributed by atoms with E-state index < -0.39 is 16.6 Å². The van der Waals surface area contributed by atoms with Gasteiger partial charge in [-0.25, -0.2) is 0 Å². The van der Waals surface area contributed by atoms with E-state index in [2.05, 4.69) is 26.6 Å². The number of hydrogen-bond donors (Lipinski definition) is 0. The Morgan fingerprint density at radius 3 is 1.82 bits per heavy atom. The van der Waals surface area contributed by atoms with Crippen LogP contribution in [0.15, 0.2) is 0 Å². The highest BCUT2D eigenvalue weighted by Gasteiger charge is 2.28. The van der Waals surface area contributed by atoms with E-state index in [1.54, 1.807) is 0 Å². The second-order valence-corrected chi connectivity index (χ2v) is 15.7. The van der Waals surface area contributed by atoms with Gasteiger partial charge in [0.05, 0.1) is 5.92 Å². The van der Waals surface area contributed by atoms with Crippen LogP contribution in [0.1, 0.15) is 13.8 Å². The van der Waals surface area contributed by atoms with Crippen molar-refractivity contribution in [2.75, 3.05) is 6.61 Å². The molecule has 0 heterocycles. The minimum Gasteiger partial charge on any atom is -0.520 e. The van der Waals surface area contributed by atoms with Gasteiger partial charge in [-0.05, 0) is 45.2 Å². The predicted octanol–water partition coefficient (Wildman–Crippen LogP) is 3.49. The molecule has 0 amide bonds. The fourth-order valence-corrected chi connectivity index (χ4v) is 2.71. The molecule has 2 atom stereocenters. The maximum Gasteiger partial charge on any atom is 0.295 e. The van der Waals surface area contributed by atoms with Crippen molar-refractivity contribution in [1.29, 1.82) is 0 Å². The minimum atomic E-state index is -1.77. The fraction of sp³-hybridized carbons (Fsp3) is 0.917. The molecule has 0 aliphatic heterocycles. The molecule has 0 radical (unpaired) electrons. The molecule has 0 aromatic carbocycles. The van der Waals surface area contributed by atoms with Crippen molar-refractivity contribution < 1.29 is 13.6 Å². The van der Waals surface area contributed by atoms with Gasteiger partial charge in [0, 0.05) is 6.61 Å². The number of carbonyl (C=O) groups is 1. The normalized spacial score (nSPS) is 16.5. The average molecular weight is 277 g/mol. The van der Waals surface area contributed by atoms with Gasteiger partial charge in [0.15, 0.2) is 8.32 Å². The van der Waals surface area contributed by atoms with Gasteiger partial charge in [0.1, 0.15) is 0 Å². The van der Waals surface area contributed by atoms with Gasteiger partial charge in [-0.2, -0.15) is 0 Å². The molecule has 0 saturated heterocycles. The summed E-state index contributed by atoms with van der Waals surface area (Å²) < 4.78 is 11.3. The van der Waals surface area contributed by atoms with E-state index in [4.69, 9.17) is 8.85 Å². The third-order valence-electron chi connectivity index (χ3n) is 2.41. The quantitative estimate of drug-likeness (QED) is 0.697. The monoisotopic (exact) mass is 276 g/mol. The lowest BCUT2D eigenvalue weighted by Crippen LogP contribution is -2.36. The van der Waals surface area contributed by atoms with E-state index in [0.29, 0.717) is 6.61 Å². The van der Waals surface area contributed by atoms with Crippen LogP contribution < -0.4 is 0 Å². The summed E-state index contributed by atoms with van der Waals surface area (Å²) in [5, 5.41) is 0. The summed E-state index contributed by atoms with van der Waals surface area (Å²) >= 11 is 0. The van der Waals surface area contributed by atoms with E-state index in [0.717, 1.165) is 0 Å². The van der Waals surface area contributed by atoms with Crippen molar-refractivity contribution in [3.8, 4) is 0 Å². The second-order valence-electron chi connectivity index (χ2n) is 6.72. The van der Waals surface area contributed by atoms with Crippen LogP contribution in [0.3, 0.4) is 0 Å². The van der Waals surface area contributed by atoms with Gasteiger partial charge >= 0.3 is 0 Å². The molecule has 0 aliphatic carbocycles. The van der Waals surface area contributed by atoms with Crippen molar-refractivity contribution in [2.45, 2.75) is 53.1 Å². The highest BCUT2D eigenvalue weighted by Crippen LogP contribution is 2.18. The van der Waals surface area contributed by atoms with Gasteiger partial charge in [-0.15, -0.1) is 0 Å². The van der Waals surface area contributed by atoms with Crippen LogP contribution in [0.25, 0.3) is 0 Å². The molecule has 102 valence electrons. The lowest BCUT2D eigenvalue weighted by atomic mass is 9.97. The Balaban J connectivity index is 4.21. The molecule has 0 rings (SSSR count). The van der Waals surface area contributed by atoms with Crippen molar-refractivity contribution in [3.63, 3.8) is 0 Å². The molecule has 0 aromatic heterocycles. The summed E-state index contributed by atoms with van der Waals surface area (Å²) in [7, 11) is -3.26. The average Bonchev–Trinajstić information content (AvgIpc) is 2.08. The summed E-state index contributed by atoms with van der Waals surface area (Å²) in [5.74, 6) is 0.0551. The van der Waals surface area contributed by atoms with Crippen LogP contribution in [-0.2, 0) is 13.6 Å². The van der Waals surface area contributed by atoms with Crippen molar-refractivity contribution in [3.05, 3.63) is 0 Å². The Bertz CT molecular complexity index is 253. The summed E-state index contributed by atoms with van der Waals surface area (Å²) in [4.78, 5) is 11.9. The number of hydrogen-bond acceptors (Lipinski definition) is 3. The Morgan fingerprint density at radius 2 is 1.47 bits per heavy atom. The zero-order valence-electron chi connectivity index (χ0n) is 12.6. The van der Waals surface area contributed by atoms with Gasteiger partial charge in [0.2, 0.25) is 8.32 Å². The molecule has 0 saturated carbocycles. The van der Waals surface area contributed by atoms with Crippen LogP contribution in [0.5, 0.6) is 0 Å². The Hall–Kier alpha value is -0.136. The van der Waals surface area contributed by atoms with Crippen molar-refractivity contribution >= 4 is 22.6 Å². The number of carbonyl (C=O) groups excluding carboxylic acids is 1. The van der Waals surface area contributed by atoms with Crippen LogP contribution in [0, 0.1) is 11.8 Å². The zero-order valence-corrected chi connectivity index (χ0v) is 14.6. The van der Waals surface area contributed by atoms with Crippen molar-refractivity contribution in [1.82, 2.24) is 0 Å². The standard InChI is InChI=1S/C12H28O3Si2/c1-10(9-14-16(3,4)5)11(2)12(13)15-17(6,7)8/h10-11H,9H2,1-8H3. The van der Waals surface area contributed by atoms with Gasteiger partial charge in [-0.1, -0.05) is 13.8 Å². The summed E-state index contributed by atoms with van der Waals surface area (Å²) in [6.07, 6.45) is 0. The first-order chi connectivity index (χ1) is 7.42. The maximum atomic E-state index is 11.9. The molecule has 0 N–H and O–H groups in total. The van der Waals surface area contributed by atoms with Crippen LogP contribution >= 0.6 is 0 Å². The first-order valence-electron chi connectivity index (χ1n) is 6.29. The predicted molar refractivity (Wildman–Crippen MR) is 77.1 cm³/mol. The summed E-state index contributed by atoms with van der Waals surface area (Å²) in [5.41, 5.74) is 0. The largest absolute Gasteiger partial charge is 0.520 e. The topological polar surface area (TPSA) is 35.5 Å². The van der Waals surface area contributed by atoms with E-state index in [9.17, 15) is 4.79 Å². The Kier molecular flexibility index (Phi) is 6.11. The molecule has 5 heteroatoms. The lowest BCUT2D eigenvalue weighted by molar-refractivity contribution is -0.141. The second kappa shape index (κ2) is 6.15. The van der Waals surface area contributed by atoms with E-state index in [1.165, 1.54) is 0 Å². The van der Waals surface area contributed by atoms with Crippen LogP contribution in [0.4, 0.5) is 0 Å². The third-order valence-corrected chi connectivity index (χ3v) is 4.26. The highest BCUT2D eigenvalue weighted by molar-refractivity contribution is 6.71. The lowest BCUT2D eigenvalue weighted by Gasteiger charge is -2.26. The maximum absolute atomic E-state index is 11.9. The van der Waals surface area contributed by atoms with Crippen LogP contribution in [0.2, 0.25) is 39.3 Å². The minimum absolute atomic E-state index is 0.0733. The van der Waals surface area contributed by atoms with Crippen molar-refractivity contribution in [2.24, 2.45) is 11.8 Å². The molecule has 17 heavy (non-hydrogen) atoms. The SMILES string of the molecule is CC(CO[Si](C)(C)C)C(C)C(=O)O[Si](C)(C)C. The fourth-order valence-electron chi connectivity index (χ4n) is 1.15. The molecule has 0 spiro atoms. The molecule has 0 fully saturated rings. The first kappa shape index (κ1) is 16.9. The molecular weight excluding hydrogens is 248 g/mol. The van der Waals surface area contributed by atoms with E-state index in [1.807, 2.05) is 26.6 Å². The van der Waals surface area contributed by atoms with Gasteiger partial charge in [-0.3, -0.25) is 4.79 Å². The smallest absolute Gasteiger partial charge is 0.295 e. The molecule has 0 aromatic rings. The zero-order chi connectivity index (χ0) is 13.9. The third kappa shape index (κ3) is 8.57. The Labute approximate surface area is 108 Å². The van der Waals surface area contributed by atoms with Crippen LogP contribution in [-0.4, -0.2) is 29.2 Å². The molecular formula is C12H28O3Si2. The number of rotatable bonds is 6. The van der Waals surface area contributed by atoms with Gasteiger partial charge in [0.25, 0.3) is 5.97 Å². The summed E-state index contributed by atoms with van der Waals surface area (Å²) in [6.45, 7) is 17.2.